The smallest absolute Gasteiger partial charge is 0.124 e. The molecule has 2 N–H and O–H groups in total. The molecular weight excluding hydrogens is 290 g/mol. The zero-order valence-corrected chi connectivity index (χ0v) is 13.4. The van der Waals surface area contributed by atoms with Crippen LogP contribution in [0.4, 0.5) is 0 Å². The lowest BCUT2D eigenvalue weighted by Gasteiger charge is -2.11. The molecule has 21 heavy (non-hydrogen) atoms. The quantitative estimate of drug-likeness (QED) is 0.497. The van der Waals surface area contributed by atoms with Crippen LogP contribution in [0.5, 0.6) is 5.75 Å². The van der Waals surface area contributed by atoms with Crippen molar-refractivity contribution >= 4 is 17.2 Å². The molecule has 0 heterocycles. The van der Waals surface area contributed by atoms with Gasteiger partial charge in [0.1, 0.15) is 10.7 Å². The highest BCUT2D eigenvalue weighted by Crippen LogP contribution is 2.20. The van der Waals surface area contributed by atoms with Crippen molar-refractivity contribution < 1.29 is 18.9 Å². The van der Waals surface area contributed by atoms with E-state index in [2.05, 4.69) is 0 Å². The van der Waals surface area contributed by atoms with Gasteiger partial charge in [-0.25, -0.2) is 0 Å². The Labute approximate surface area is 131 Å². The third-order valence-corrected chi connectivity index (χ3v) is 3.07. The molecular formula is C15H23NO4S. The highest BCUT2D eigenvalue weighted by atomic mass is 32.1. The lowest BCUT2D eigenvalue weighted by Crippen LogP contribution is -2.11. The minimum atomic E-state index is 0.361. The highest BCUT2D eigenvalue weighted by molar-refractivity contribution is 7.80. The summed E-state index contributed by atoms with van der Waals surface area (Å²) in [6.45, 7) is 2.90. The van der Waals surface area contributed by atoms with E-state index in [0.717, 1.165) is 23.3 Å². The van der Waals surface area contributed by atoms with Crippen LogP contribution >= 0.6 is 12.2 Å². The van der Waals surface area contributed by atoms with Crippen molar-refractivity contribution in [1.82, 2.24) is 0 Å². The van der Waals surface area contributed by atoms with Gasteiger partial charge in [-0.3, -0.25) is 0 Å². The SMILES string of the molecule is COCCCOCCOCc1cc(C(N)=S)ccc1OC. The normalized spacial score (nSPS) is 10.6. The fourth-order valence-corrected chi connectivity index (χ4v) is 1.88. The first-order valence-corrected chi connectivity index (χ1v) is 7.21. The van der Waals surface area contributed by atoms with Crippen LogP contribution in [0.3, 0.4) is 0 Å². The lowest BCUT2D eigenvalue weighted by molar-refractivity contribution is 0.0331. The molecule has 0 bridgehead atoms. The lowest BCUT2D eigenvalue weighted by atomic mass is 10.1. The summed E-state index contributed by atoms with van der Waals surface area (Å²) in [5.41, 5.74) is 7.35. The summed E-state index contributed by atoms with van der Waals surface area (Å²) in [6, 6.07) is 5.57. The van der Waals surface area contributed by atoms with Crippen LogP contribution in [-0.2, 0) is 20.8 Å². The molecule has 0 fully saturated rings. The minimum absolute atomic E-state index is 0.361. The van der Waals surface area contributed by atoms with Crippen molar-refractivity contribution in [3.63, 3.8) is 0 Å². The van der Waals surface area contributed by atoms with E-state index >= 15 is 0 Å². The van der Waals surface area contributed by atoms with Crippen LogP contribution in [0.25, 0.3) is 0 Å². The van der Waals surface area contributed by atoms with Gasteiger partial charge in [-0.1, -0.05) is 12.2 Å². The fraction of sp³-hybridized carbons (Fsp3) is 0.533. The highest BCUT2D eigenvalue weighted by Gasteiger charge is 2.06. The van der Waals surface area contributed by atoms with E-state index in [9.17, 15) is 0 Å². The number of thiocarbonyl (C=S) groups is 1. The Morgan fingerprint density at radius 1 is 1.10 bits per heavy atom. The van der Waals surface area contributed by atoms with Gasteiger partial charge in [-0.05, 0) is 24.6 Å². The van der Waals surface area contributed by atoms with Gasteiger partial charge in [0.2, 0.25) is 0 Å². The molecule has 0 spiro atoms. The van der Waals surface area contributed by atoms with E-state index in [1.165, 1.54) is 0 Å². The number of nitrogens with two attached hydrogens (primary N) is 1. The molecule has 5 nitrogen and oxygen atoms in total. The maximum absolute atomic E-state index is 5.63. The maximum Gasteiger partial charge on any atom is 0.124 e. The average molecular weight is 313 g/mol. The molecule has 1 aromatic carbocycles. The van der Waals surface area contributed by atoms with Gasteiger partial charge in [0, 0.05) is 31.5 Å². The van der Waals surface area contributed by atoms with Gasteiger partial charge >= 0.3 is 0 Å². The summed E-state index contributed by atoms with van der Waals surface area (Å²) in [4.78, 5) is 0.361. The third kappa shape index (κ3) is 6.86. The number of methoxy groups -OCH3 is 2. The van der Waals surface area contributed by atoms with E-state index in [0.29, 0.717) is 38.0 Å². The molecule has 0 saturated carbocycles. The van der Waals surface area contributed by atoms with Crippen LogP contribution < -0.4 is 10.5 Å². The number of hydrogen-bond acceptors (Lipinski definition) is 5. The Balaban J connectivity index is 2.33. The number of hydrogen-bond donors (Lipinski definition) is 1. The van der Waals surface area contributed by atoms with E-state index < -0.39 is 0 Å². The first-order valence-electron chi connectivity index (χ1n) is 6.80. The Hall–Kier alpha value is -1.21. The van der Waals surface area contributed by atoms with Gasteiger partial charge in [0.15, 0.2) is 0 Å². The molecule has 0 aliphatic rings. The van der Waals surface area contributed by atoms with Crippen LogP contribution in [0.2, 0.25) is 0 Å². The number of benzene rings is 1. The molecule has 0 saturated heterocycles. The van der Waals surface area contributed by atoms with E-state index in [1.54, 1.807) is 14.2 Å². The molecule has 1 aromatic rings. The largest absolute Gasteiger partial charge is 0.496 e. The second-order valence-corrected chi connectivity index (χ2v) is 4.84. The molecule has 0 atom stereocenters. The first-order chi connectivity index (χ1) is 10.2. The van der Waals surface area contributed by atoms with Crippen molar-refractivity contribution in [3.05, 3.63) is 29.3 Å². The predicted octanol–water partition coefficient (Wildman–Crippen LogP) is 1.90. The summed E-state index contributed by atoms with van der Waals surface area (Å²) in [6.07, 6.45) is 0.889. The molecule has 0 radical (unpaired) electrons. The average Bonchev–Trinajstić information content (AvgIpc) is 2.49. The Morgan fingerprint density at radius 2 is 1.86 bits per heavy atom. The zero-order chi connectivity index (χ0) is 15.5. The summed E-state index contributed by atoms with van der Waals surface area (Å²) < 4.78 is 21.2. The monoisotopic (exact) mass is 313 g/mol. The van der Waals surface area contributed by atoms with Gasteiger partial charge in [-0.15, -0.1) is 0 Å². The minimum Gasteiger partial charge on any atom is -0.496 e. The number of ether oxygens (including phenoxy) is 4. The number of rotatable bonds is 11. The van der Waals surface area contributed by atoms with Gasteiger partial charge < -0.3 is 24.7 Å². The maximum atomic E-state index is 5.63. The first kappa shape index (κ1) is 17.8. The Bertz CT molecular complexity index is 440. The van der Waals surface area contributed by atoms with Crippen LogP contribution in [0.15, 0.2) is 18.2 Å². The molecule has 118 valence electrons. The molecule has 1 rings (SSSR count). The van der Waals surface area contributed by atoms with E-state index in [1.807, 2.05) is 18.2 Å². The van der Waals surface area contributed by atoms with Crippen LogP contribution in [-0.4, -0.2) is 45.6 Å². The molecule has 6 heteroatoms. The van der Waals surface area contributed by atoms with Crippen molar-refractivity contribution in [3.8, 4) is 5.75 Å². The molecule has 0 aliphatic heterocycles. The second-order valence-electron chi connectivity index (χ2n) is 4.40. The van der Waals surface area contributed by atoms with E-state index in [-0.39, 0.29) is 0 Å². The van der Waals surface area contributed by atoms with Gasteiger partial charge in [-0.2, -0.15) is 0 Å². The molecule has 0 aliphatic carbocycles. The topological polar surface area (TPSA) is 62.9 Å². The Kier molecular flexibility index (Phi) is 8.93. The predicted molar refractivity (Wildman–Crippen MR) is 85.8 cm³/mol. The van der Waals surface area contributed by atoms with Crippen LogP contribution in [0, 0.1) is 0 Å². The van der Waals surface area contributed by atoms with Crippen LogP contribution in [0.1, 0.15) is 17.5 Å². The van der Waals surface area contributed by atoms with Crippen molar-refractivity contribution in [2.75, 3.05) is 40.6 Å². The summed E-state index contributed by atoms with van der Waals surface area (Å²) in [5, 5.41) is 0. The van der Waals surface area contributed by atoms with Crippen molar-refractivity contribution in [1.29, 1.82) is 0 Å². The Morgan fingerprint density at radius 3 is 2.52 bits per heavy atom. The van der Waals surface area contributed by atoms with Gasteiger partial charge in [0.05, 0.1) is 26.9 Å². The standard InChI is InChI=1S/C15H23NO4S/c1-17-6-3-7-19-8-9-20-11-13-10-12(15(16)21)4-5-14(13)18-2/h4-5,10H,3,6-9,11H2,1-2H3,(H2,16,21). The van der Waals surface area contributed by atoms with Gasteiger partial charge in [0.25, 0.3) is 0 Å². The second kappa shape index (κ2) is 10.5. The summed E-state index contributed by atoms with van der Waals surface area (Å²) >= 11 is 4.97. The van der Waals surface area contributed by atoms with Crippen molar-refractivity contribution in [2.45, 2.75) is 13.0 Å². The van der Waals surface area contributed by atoms with E-state index in [4.69, 9.17) is 36.9 Å². The zero-order valence-electron chi connectivity index (χ0n) is 12.6. The fourth-order valence-electron chi connectivity index (χ4n) is 1.75. The molecule has 0 aromatic heterocycles. The summed E-state index contributed by atoms with van der Waals surface area (Å²) in [7, 11) is 3.30. The molecule has 0 amide bonds. The third-order valence-electron chi connectivity index (χ3n) is 2.83. The summed E-state index contributed by atoms with van der Waals surface area (Å²) in [5.74, 6) is 0.760. The molecule has 0 unspecified atom stereocenters. The van der Waals surface area contributed by atoms with Crippen molar-refractivity contribution in [2.24, 2.45) is 5.73 Å².